The predicted molar refractivity (Wildman–Crippen MR) is 270 cm³/mol. The van der Waals surface area contributed by atoms with Gasteiger partial charge < -0.3 is 14.2 Å². The maximum absolute atomic E-state index is 13.9. The highest BCUT2D eigenvalue weighted by Crippen LogP contribution is 2.37. The van der Waals surface area contributed by atoms with Gasteiger partial charge in [-0.05, 0) is 90.5 Å². The number of methoxy groups -OCH3 is 1. The number of hydrogen-bond donors (Lipinski definition) is 1. The molecule has 3 aromatic carbocycles. The van der Waals surface area contributed by atoms with E-state index >= 15 is 0 Å². The number of nitrogens with one attached hydrogen (secondary N) is 1. The van der Waals surface area contributed by atoms with Crippen LogP contribution in [-0.4, -0.2) is 56.2 Å². The molecule has 0 radical (unpaired) electrons. The first kappa shape index (κ1) is 57.1. The van der Waals surface area contributed by atoms with Crippen LogP contribution in [0.2, 0.25) is 10.0 Å². The zero-order valence-electron chi connectivity index (χ0n) is 40.7. The summed E-state index contributed by atoms with van der Waals surface area (Å²) in [6.45, 7) is -0.871. The predicted octanol–water partition coefficient (Wildman–Crippen LogP) is 9.35. The molecular weight excluding hydrogens is 1130 g/mol. The molecule has 9 rings (SSSR count). The Hall–Kier alpha value is -10.1. The largest absolute Gasteiger partial charge is 0.497 e. The number of pyridine rings is 2. The molecule has 0 saturated carbocycles. The lowest BCUT2D eigenvalue weighted by Crippen LogP contribution is -2.30. The molecule has 0 saturated heterocycles. The van der Waals surface area contributed by atoms with Crippen molar-refractivity contribution in [3.63, 3.8) is 0 Å². The van der Waals surface area contributed by atoms with E-state index in [-0.39, 0.29) is 72.9 Å². The van der Waals surface area contributed by atoms with Crippen LogP contribution in [0.1, 0.15) is 39.5 Å². The number of H-pyrrole nitrogens is 1. The Morgan fingerprint density at radius 3 is 1.52 bits per heavy atom. The molecule has 0 bridgehead atoms. The number of aromatic nitrogens is 10. The molecule has 0 atom stereocenters. The van der Waals surface area contributed by atoms with Crippen molar-refractivity contribution >= 4 is 23.2 Å². The molecule has 19 nitrogen and oxygen atoms in total. The minimum absolute atomic E-state index is 0.00192. The lowest BCUT2D eigenvalue weighted by atomic mass is 10.1. The van der Waals surface area contributed by atoms with Crippen molar-refractivity contribution in [3.05, 3.63) is 225 Å². The first-order valence-electron chi connectivity index (χ1n) is 22.7. The molecule has 6 heterocycles. The Morgan fingerprint density at radius 2 is 1.06 bits per heavy atom. The molecule has 9 aromatic rings. The summed E-state index contributed by atoms with van der Waals surface area (Å²) >= 11 is 11.8. The maximum atomic E-state index is 13.9. The Bertz CT molecular complexity index is 4180. The molecule has 410 valence electrons. The standard InChI is InChI=1S/C30H19ClF4N6O4.C22H11ClF4N6O3/c1-44-22-5-2-17(3-6-22)14-41-28(42)24(19-4-7-25(32)37-13-19)11-21(39-41)15-40-16-38-27(30(33,34)35)26(29(40)43)45-23-9-18(12-36)8-20(31)10-23;23-13-3-11(7-28)4-15(5-13)36-18-19(22(25,26)27)30-10-33(21(18)35)9-14-6-16(20(34)32-31-14)12-1-2-17(24)29-8-12/h2-11,13,16H,14-15H2,1H3;1-6,8,10H,9H2,(H,32,34). The molecule has 0 unspecified atom stereocenters. The molecule has 0 aliphatic rings. The van der Waals surface area contributed by atoms with E-state index in [1.54, 1.807) is 36.4 Å². The molecule has 81 heavy (non-hydrogen) atoms. The number of aromatic amines is 1. The van der Waals surface area contributed by atoms with E-state index < -0.39 is 82.5 Å². The minimum Gasteiger partial charge on any atom is -0.497 e. The maximum Gasteiger partial charge on any atom is 0.437 e. The van der Waals surface area contributed by atoms with Crippen LogP contribution < -0.4 is 36.4 Å². The zero-order chi connectivity index (χ0) is 58.3. The summed E-state index contributed by atoms with van der Waals surface area (Å²) in [5.74, 6) is -3.84. The monoisotopic (exact) mass is 1160 g/mol. The van der Waals surface area contributed by atoms with Gasteiger partial charge in [0.1, 0.15) is 17.2 Å². The van der Waals surface area contributed by atoms with Crippen LogP contribution in [0.25, 0.3) is 22.3 Å². The summed E-state index contributed by atoms with van der Waals surface area (Å²) in [5.41, 5.74) is -5.47. The van der Waals surface area contributed by atoms with Crippen LogP contribution in [0.5, 0.6) is 28.7 Å². The molecule has 0 fully saturated rings. The van der Waals surface area contributed by atoms with Gasteiger partial charge >= 0.3 is 12.4 Å². The SMILES string of the molecule is COc1ccc(Cn2nc(Cn3cnc(C(F)(F)F)c(Oc4cc(Cl)cc(C#N)c4)c3=O)cc(-c3ccc(F)nc3)c2=O)cc1.N#Cc1cc(Cl)cc(Oc2c(C(F)(F)F)ncn(Cc3cc(-c4ccc(F)nc4)c(=O)[nH]n3)c2=O)c1. The Balaban J connectivity index is 0.000000218. The fraction of sp³-hybridized carbons (Fsp3) is 0.115. The summed E-state index contributed by atoms with van der Waals surface area (Å²) in [6.07, 6.45) is -6.52. The summed E-state index contributed by atoms with van der Waals surface area (Å²) in [7, 11) is 1.50. The van der Waals surface area contributed by atoms with Crippen LogP contribution >= 0.6 is 23.2 Å². The molecule has 0 aliphatic carbocycles. The highest BCUT2D eigenvalue weighted by Gasteiger charge is 2.40. The van der Waals surface area contributed by atoms with Gasteiger partial charge in [-0.2, -0.15) is 55.8 Å². The second-order valence-corrected chi connectivity index (χ2v) is 17.6. The van der Waals surface area contributed by atoms with Crippen molar-refractivity contribution in [2.45, 2.75) is 32.0 Å². The summed E-state index contributed by atoms with van der Waals surface area (Å²) < 4.78 is 127. The first-order chi connectivity index (χ1) is 38.5. The number of alkyl halides is 6. The van der Waals surface area contributed by atoms with Crippen molar-refractivity contribution in [1.29, 1.82) is 10.5 Å². The number of ether oxygens (including phenoxy) is 3. The second-order valence-electron chi connectivity index (χ2n) is 16.7. The van der Waals surface area contributed by atoms with Gasteiger partial charge in [0, 0.05) is 33.6 Å². The summed E-state index contributed by atoms with van der Waals surface area (Å²) in [4.78, 5) is 65.9. The van der Waals surface area contributed by atoms with Gasteiger partial charge in [0.25, 0.3) is 22.2 Å². The zero-order valence-corrected chi connectivity index (χ0v) is 42.2. The summed E-state index contributed by atoms with van der Waals surface area (Å²) in [6, 6.07) is 24.7. The van der Waals surface area contributed by atoms with E-state index in [2.05, 4.69) is 35.2 Å². The van der Waals surface area contributed by atoms with Crippen LogP contribution in [0, 0.1) is 34.6 Å². The van der Waals surface area contributed by atoms with Crippen LogP contribution in [0.4, 0.5) is 35.1 Å². The lowest BCUT2D eigenvalue weighted by Gasteiger charge is -2.16. The summed E-state index contributed by atoms with van der Waals surface area (Å²) in [5, 5.41) is 28.6. The molecule has 0 amide bonds. The second kappa shape index (κ2) is 23.9. The number of rotatable bonds is 13. The molecule has 29 heteroatoms. The van der Waals surface area contributed by atoms with E-state index in [0.29, 0.717) is 24.0 Å². The normalized spacial score (nSPS) is 11.2. The van der Waals surface area contributed by atoms with Gasteiger partial charge in [0.2, 0.25) is 23.4 Å². The van der Waals surface area contributed by atoms with Gasteiger partial charge in [-0.1, -0.05) is 35.3 Å². The highest BCUT2D eigenvalue weighted by atomic mass is 35.5. The molecule has 0 aliphatic heterocycles. The van der Waals surface area contributed by atoms with Gasteiger partial charge in [-0.25, -0.2) is 29.7 Å². The molecular formula is C52H30Cl2F8N12O7. The fourth-order valence-electron chi connectivity index (χ4n) is 7.42. The Kier molecular flexibility index (Phi) is 16.8. The van der Waals surface area contributed by atoms with E-state index in [0.717, 1.165) is 62.6 Å². The van der Waals surface area contributed by atoms with Crippen molar-refractivity contribution in [2.75, 3.05) is 7.11 Å². The quantitative estimate of drug-likeness (QED) is 0.0834. The number of nitrogens with zero attached hydrogens (tertiary/aromatic N) is 11. The van der Waals surface area contributed by atoms with Crippen molar-refractivity contribution < 1.29 is 49.3 Å². The van der Waals surface area contributed by atoms with E-state index in [1.165, 1.54) is 43.5 Å². The first-order valence-corrected chi connectivity index (χ1v) is 23.4. The van der Waals surface area contributed by atoms with Gasteiger partial charge in [-0.3, -0.25) is 28.3 Å². The third-order valence-corrected chi connectivity index (χ3v) is 11.5. The van der Waals surface area contributed by atoms with Gasteiger partial charge in [-0.15, -0.1) is 0 Å². The number of hydrogen-bond acceptors (Lipinski definition) is 15. The molecule has 1 N–H and O–H groups in total. The van der Waals surface area contributed by atoms with Gasteiger partial charge in [0.05, 0.1) is 85.2 Å². The minimum atomic E-state index is -5.07. The third-order valence-electron chi connectivity index (χ3n) is 11.1. The third kappa shape index (κ3) is 13.8. The van der Waals surface area contributed by atoms with Gasteiger partial charge in [0.15, 0.2) is 11.4 Å². The molecule has 0 spiro atoms. The van der Waals surface area contributed by atoms with E-state index in [1.807, 2.05) is 0 Å². The molecule has 6 aromatic heterocycles. The van der Waals surface area contributed by atoms with Crippen LogP contribution in [0.3, 0.4) is 0 Å². The Morgan fingerprint density at radius 1 is 0.580 bits per heavy atom. The number of nitriles is 2. The average Bonchev–Trinajstić information content (AvgIpc) is 3.42. The fourth-order valence-corrected chi connectivity index (χ4v) is 7.87. The number of halogens is 10. The van der Waals surface area contributed by atoms with Crippen molar-refractivity contribution in [1.82, 2.24) is 49.0 Å². The van der Waals surface area contributed by atoms with E-state index in [9.17, 15) is 59.6 Å². The topological polar surface area (TPSA) is 251 Å². The lowest BCUT2D eigenvalue weighted by molar-refractivity contribution is -0.143. The number of benzene rings is 3. The Labute approximate surface area is 457 Å². The smallest absolute Gasteiger partial charge is 0.437 e. The van der Waals surface area contributed by atoms with Crippen LogP contribution in [-0.2, 0) is 32.0 Å². The van der Waals surface area contributed by atoms with Crippen LogP contribution in [0.15, 0.2) is 141 Å². The van der Waals surface area contributed by atoms with E-state index in [4.69, 9.17) is 42.7 Å². The highest BCUT2D eigenvalue weighted by molar-refractivity contribution is 6.31. The average molecular weight is 1160 g/mol. The van der Waals surface area contributed by atoms with Crippen molar-refractivity contribution in [3.8, 4) is 63.1 Å². The van der Waals surface area contributed by atoms with Crippen molar-refractivity contribution in [2.24, 2.45) is 0 Å².